The standard InChI is InChI=1S/C33H29N5O3S/c39-33(40)26-6-2-1-5-25(26)32-37-28-15-24(41-19-31-36-27-7-3-4-8-30(27)42-31)13-14-29(28)38(32)18-21-9-11-22(12-10-21)23-16-34-20-35-17-23/h3-4,7-17,20,25-26H,1-2,5-6,18-19H2,(H,39,40). The fourth-order valence-electron chi connectivity index (χ4n) is 5.96. The van der Waals surface area contributed by atoms with Gasteiger partial charge in [0, 0.05) is 36.5 Å². The summed E-state index contributed by atoms with van der Waals surface area (Å²) in [6.07, 6.45) is 8.55. The highest BCUT2D eigenvalue weighted by molar-refractivity contribution is 7.18. The average Bonchev–Trinajstić information content (AvgIpc) is 3.61. The van der Waals surface area contributed by atoms with E-state index in [-0.39, 0.29) is 5.92 Å². The van der Waals surface area contributed by atoms with E-state index in [2.05, 4.69) is 49.9 Å². The van der Waals surface area contributed by atoms with Gasteiger partial charge in [-0.05, 0) is 48.2 Å². The second kappa shape index (κ2) is 11.3. The number of thiazole rings is 1. The van der Waals surface area contributed by atoms with Crippen LogP contribution in [-0.4, -0.2) is 35.6 Å². The van der Waals surface area contributed by atoms with E-state index in [1.54, 1.807) is 23.7 Å². The smallest absolute Gasteiger partial charge is 0.307 e. The molecule has 7 rings (SSSR count). The number of nitrogens with zero attached hydrogens (tertiary/aromatic N) is 5. The number of aromatic nitrogens is 5. The third kappa shape index (κ3) is 5.23. The van der Waals surface area contributed by atoms with E-state index >= 15 is 0 Å². The average molecular weight is 576 g/mol. The lowest BCUT2D eigenvalue weighted by Crippen LogP contribution is -2.27. The lowest BCUT2D eigenvalue weighted by Gasteiger charge is -2.28. The molecule has 1 fully saturated rings. The Morgan fingerprint density at radius 2 is 1.74 bits per heavy atom. The van der Waals surface area contributed by atoms with Gasteiger partial charge in [-0.15, -0.1) is 11.3 Å². The van der Waals surface area contributed by atoms with Crippen molar-refractivity contribution in [2.75, 3.05) is 0 Å². The van der Waals surface area contributed by atoms with Gasteiger partial charge < -0.3 is 14.4 Å². The van der Waals surface area contributed by atoms with Crippen molar-refractivity contribution < 1.29 is 14.6 Å². The minimum Gasteiger partial charge on any atom is -0.486 e. The lowest BCUT2D eigenvalue weighted by atomic mass is 9.78. The van der Waals surface area contributed by atoms with Gasteiger partial charge in [-0.3, -0.25) is 4.79 Å². The van der Waals surface area contributed by atoms with Gasteiger partial charge in [0.25, 0.3) is 0 Å². The molecule has 1 N–H and O–H groups in total. The molecule has 0 saturated heterocycles. The number of fused-ring (bicyclic) bond motifs is 2. The molecule has 0 radical (unpaired) electrons. The monoisotopic (exact) mass is 575 g/mol. The summed E-state index contributed by atoms with van der Waals surface area (Å²) in [6, 6.07) is 22.4. The zero-order valence-electron chi connectivity index (χ0n) is 22.9. The number of carbonyl (C=O) groups is 1. The predicted molar refractivity (Wildman–Crippen MR) is 163 cm³/mol. The van der Waals surface area contributed by atoms with E-state index in [1.807, 2.05) is 36.4 Å². The first-order chi connectivity index (χ1) is 20.6. The summed E-state index contributed by atoms with van der Waals surface area (Å²) >= 11 is 1.63. The minimum absolute atomic E-state index is 0.142. The number of para-hydroxylation sites is 1. The Bertz CT molecular complexity index is 1830. The molecular weight excluding hydrogens is 546 g/mol. The molecule has 3 aromatic carbocycles. The molecule has 6 aromatic rings. The van der Waals surface area contributed by atoms with Crippen molar-refractivity contribution in [1.82, 2.24) is 24.5 Å². The van der Waals surface area contributed by atoms with Gasteiger partial charge in [0.1, 0.15) is 29.5 Å². The molecular formula is C33H29N5O3S. The number of carboxylic acids is 1. The van der Waals surface area contributed by atoms with E-state index in [9.17, 15) is 9.90 Å². The molecule has 0 bridgehead atoms. The van der Waals surface area contributed by atoms with Crippen molar-refractivity contribution in [3.05, 3.63) is 102 Å². The van der Waals surface area contributed by atoms with E-state index in [4.69, 9.17) is 9.72 Å². The summed E-state index contributed by atoms with van der Waals surface area (Å²) in [5.74, 6) is 0.223. The molecule has 0 aliphatic heterocycles. The number of hydrogen-bond donors (Lipinski definition) is 1. The summed E-state index contributed by atoms with van der Waals surface area (Å²) in [6.45, 7) is 0.965. The van der Waals surface area contributed by atoms with Gasteiger partial charge in [-0.2, -0.15) is 0 Å². The van der Waals surface area contributed by atoms with Gasteiger partial charge in [-0.25, -0.2) is 19.9 Å². The Morgan fingerprint density at radius 3 is 2.55 bits per heavy atom. The maximum absolute atomic E-state index is 12.3. The second-order valence-electron chi connectivity index (χ2n) is 10.7. The first kappa shape index (κ1) is 26.3. The molecule has 1 aliphatic rings. The number of benzene rings is 3. The Morgan fingerprint density at radius 1 is 0.929 bits per heavy atom. The van der Waals surface area contributed by atoms with Gasteiger partial charge in [0.15, 0.2) is 0 Å². The Labute approximate surface area is 246 Å². The first-order valence-corrected chi connectivity index (χ1v) is 15.0. The maximum atomic E-state index is 12.3. The molecule has 1 saturated carbocycles. The van der Waals surface area contributed by atoms with Crippen LogP contribution in [-0.2, 0) is 17.9 Å². The summed E-state index contributed by atoms with van der Waals surface area (Å²) in [4.78, 5) is 30.3. The number of imidazole rings is 1. The maximum Gasteiger partial charge on any atom is 0.307 e. The molecule has 42 heavy (non-hydrogen) atoms. The molecule has 2 atom stereocenters. The number of carboxylic acid groups (broad SMARTS) is 1. The van der Waals surface area contributed by atoms with Crippen LogP contribution in [0.2, 0.25) is 0 Å². The van der Waals surface area contributed by atoms with Crippen molar-refractivity contribution in [3.63, 3.8) is 0 Å². The van der Waals surface area contributed by atoms with Gasteiger partial charge in [-0.1, -0.05) is 49.2 Å². The molecule has 0 amide bonds. The van der Waals surface area contributed by atoms with Gasteiger partial charge in [0.2, 0.25) is 0 Å². The number of hydrogen-bond acceptors (Lipinski definition) is 7. The van der Waals surface area contributed by atoms with Crippen LogP contribution in [0.4, 0.5) is 0 Å². The molecule has 210 valence electrons. The molecule has 1 aliphatic carbocycles. The number of ether oxygens (including phenoxy) is 1. The first-order valence-electron chi connectivity index (χ1n) is 14.2. The topological polar surface area (TPSA) is 103 Å². The van der Waals surface area contributed by atoms with Crippen molar-refractivity contribution in [3.8, 4) is 16.9 Å². The lowest BCUT2D eigenvalue weighted by molar-refractivity contribution is -0.143. The van der Waals surface area contributed by atoms with Crippen LogP contribution in [0, 0.1) is 5.92 Å². The highest BCUT2D eigenvalue weighted by Gasteiger charge is 2.35. The van der Waals surface area contributed by atoms with Crippen molar-refractivity contribution in [1.29, 1.82) is 0 Å². The molecule has 2 unspecified atom stereocenters. The zero-order chi connectivity index (χ0) is 28.5. The van der Waals surface area contributed by atoms with Crippen LogP contribution in [0.15, 0.2) is 85.5 Å². The van der Waals surface area contributed by atoms with E-state index in [0.717, 1.165) is 68.0 Å². The fourth-order valence-corrected chi connectivity index (χ4v) is 6.84. The summed E-state index contributed by atoms with van der Waals surface area (Å²) in [5.41, 5.74) is 5.86. The van der Waals surface area contributed by atoms with Crippen molar-refractivity contribution in [2.45, 2.75) is 44.8 Å². The van der Waals surface area contributed by atoms with Crippen LogP contribution >= 0.6 is 11.3 Å². The van der Waals surface area contributed by atoms with E-state index in [0.29, 0.717) is 25.3 Å². The van der Waals surface area contributed by atoms with Gasteiger partial charge >= 0.3 is 5.97 Å². The normalized spacial score (nSPS) is 17.0. The summed E-state index contributed by atoms with van der Waals surface area (Å²) < 4.78 is 9.48. The highest BCUT2D eigenvalue weighted by atomic mass is 32.1. The fraction of sp³-hybridized carbons (Fsp3) is 0.242. The summed E-state index contributed by atoms with van der Waals surface area (Å²) in [7, 11) is 0. The third-order valence-electron chi connectivity index (χ3n) is 8.05. The minimum atomic E-state index is -0.743. The van der Waals surface area contributed by atoms with Crippen LogP contribution < -0.4 is 4.74 Å². The third-order valence-corrected chi connectivity index (χ3v) is 9.06. The highest BCUT2D eigenvalue weighted by Crippen LogP contribution is 2.39. The van der Waals surface area contributed by atoms with Crippen molar-refractivity contribution >= 4 is 38.6 Å². The molecule has 9 heteroatoms. The quantitative estimate of drug-likeness (QED) is 0.207. The van der Waals surface area contributed by atoms with Crippen LogP contribution in [0.1, 0.15) is 48.0 Å². The number of aliphatic carboxylic acids is 1. The molecule has 0 spiro atoms. The predicted octanol–water partition coefficient (Wildman–Crippen LogP) is 7.09. The zero-order valence-corrected chi connectivity index (χ0v) is 23.7. The SMILES string of the molecule is O=C(O)C1CCCCC1c1nc2cc(OCc3nc4ccccc4s3)ccc2n1Cc1ccc(-c2cncnc2)cc1. The molecule has 3 heterocycles. The molecule has 8 nitrogen and oxygen atoms in total. The largest absolute Gasteiger partial charge is 0.486 e. The Kier molecular flexibility index (Phi) is 7.09. The van der Waals surface area contributed by atoms with Crippen molar-refractivity contribution in [2.24, 2.45) is 5.92 Å². The second-order valence-corrected chi connectivity index (χ2v) is 11.8. The van der Waals surface area contributed by atoms with E-state index < -0.39 is 11.9 Å². The van der Waals surface area contributed by atoms with Crippen LogP contribution in [0.5, 0.6) is 5.75 Å². The van der Waals surface area contributed by atoms with Crippen LogP contribution in [0.3, 0.4) is 0 Å². The van der Waals surface area contributed by atoms with Gasteiger partial charge in [0.05, 0.1) is 27.2 Å². The van der Waals surface area contributed by atoms with Crippen LogP contribution in [0.25, 0.3) is 32.4 Å². The summed E-state index contributed by atoms with van der Waals surface area (Å²) in [5, 5.41) is 11.0. The Balaban J connectivity index is 1.21. The van der Waals surface area contributed by atoms with E-state index in [1.165, 1.54) is 6.33 Å². The molecule has 3 aromatic heterocycles. The number of rotatable bonds is 8. The Hall–Kier alpha value is -4.63.